The van der Waals surface area contributed by atoms with Crippen LogP contribution in [0.1, 0.15) is 38.3 Å². The van der Waals surface area contributed by atoms with Crippen molar-refractivity contribution in [3.63, 3.8) is 0 Å². The van der Waals surface area contributed by atoms with E-state index in [1.54, 1.807) is 37.3 Å². The Labute approximate surface area is 241 Å². The van der Waals surface area contributed by atoms with Crippen LogP contribution in [0.3, 0.4) is 0 Å². The molecule has 1 N–H and O–H groups in total. The minimum Gasteiger partial charge on any atom is -0.354 e. The molecule has 0 aliphatic heterocycles. The fourth-order valence-corrected chi connectivity index (χ4v) is 5.72. The maximum Gasteiger partial charge on any atom is 0.264 e. The summed E-state index contributed by atoms with van der Waals surface area (Å²) < 4.78 is 42.3. The van der Waals surface area contributed by atoms with E-state index in [-0.39, 0.29) is 29.0 Å². The Bertz CT molecular complexity index is 1410. The summed E-state index contributed by atoms with van der Waals surface area (Å²) in [5.41, 5.74) is 1.69. The third-order valence-corrected chi connectivity index (χ3v) is 8.34. The molecule has 0 aliphatic rings. The van der Waals surface area contributed by atoms with E-state index in [0.717, 1.165) is 9.87 Å². The number of rotatable bonds is 12. The van der Waals surface area contributed by atoms with E-state index in [2.05, 4.69) is 5.32 Å². The second-order valence-electron chi connectivity index (χ2n) is 10.0. The predicted molar refractivity (Wildman–Crippen MR) is 156 cm³/mol. The summed E-state index contributed by atoms with van der Waals surface area (Å²) in [6.45, 7) is 7.37. The highest BCUT2D eigenvalue weighted by Crippen LogP contribution is 2.27. The molecular formula is C30H35ClFN3O4S. The maximum absolute atomic E-state index is 14.0. The van der Waals surface area contributed by atoms with E-state index >= 15 is 0 Å². The topological polar surface area (TPSA) is 86.8 Å². The number of hydrogen-bond acceptors (Lipinski definition) is 4. The molecule has 0 saturated heterocycles. The number of anilines is 1. The summed E-state index contributed by atoms with van der Waals surface area (Å²) in [5, 5.41) is 3.18. The first-order valence-electron chi connectivity index (χ1n) is 13.1. The molecule has 214 valence electrons. The van der Waals surface area contributed by atoms with Crippen molar-refractivity contribution in [2.45, 2.75) is 51.6 Å². The number of carbonyl (C=O) groups excluding carboxylic acids is 2. The van der Waals surface area contributed by atoms with Gasteiger partial charge in [0.1, 0.15) is 18.4 Å². The molecule has 7 nitrogen and oxygen atoms in total. The molecule has 10 heteroatoms. The molecule has 3 aromatic rings. The molecule has 3 aromatic carbocycles. The number of nitrogens with one attached hydrogen (secondary N) is 1. The lowest BCUT2D eigenvalue weighted by Crippen LogP contribution is -2.52. The zero-order chi connectivity index (χ0) is 29.4. The minimum absolute atomic E-state index is 0.0117. The van der Waals surface area contributed by atoms with Gasteiger partial charge in [-0.3, -0.25) is 13.9 Å². The molecule has 0 bridgehead atoms. The third kappa shape index (κ3) is 8.05. The van der Waals surface area contributed by atoms with Crippen LogP contribution < -0.4 is 9.62 Å². The van der Waals surface area contributed by atoms with Crippen LogP contribution in [0.2, 0.25) is 5.02 Å². The summed E-state index contributed by atoms with van der Waals surface area (Å²) in [4.78, 5) is 28.6. The Balaban J connectivity index is 2.04. The van der Waals surface area contributed by atoms with Crippen LogP contribution in [0.5, 0.6) is 0 Å². The highest BCUT2D eigenvalue weighted by Gasteiger charge is 2.33. The number of nitrogens with zero attached hydrogens (tertiary/aromatic N) is 2. The second kappa shape index (κ2) is 13.8. The monoisotopic (exact) mass is 587 g/mol. The highest BCUT2D eigenvalue weighted by atomic mass is 35.5. The number of carbonyl (C=O) groups is 2. The van der Waals surface area contributed by atoms with Gasteiger partial charge in [-0.25, -0.2) is 12.8 Å². The third-order valence-electron chi connectivity index (χ3n) is 6.32. The number of benzene rings is 3. The van der Waals surface area contributed by atoms with Crippen LogP contribution in [0.15, 0.2) is 77.7 Å². The first kappa shape index (κ1) is 31.1. The molecule has 1 atom stereocenters. The Morgan fingerprint density at radius 3 is 2.23 bits per heavy atom. The van der Waals surface area contributed by atoms with Gasteiger partial charge in [0.15, 0.2) is 0 Å². The molecule has 0 heterocycles. The average molecular weight is 588 g/mol. The molecule has 3 rings (SSSR count). The van der Waals surface area contributed by atoms with E-state index < -0.39 is 34.3 Å². The van der Waals surface area contributed by atoms with Gasteiger partial charge in [-0.1, -0.05) is 68.3 Å². The fourth-order valence-electron chi connectivity index (χ4n) is 4.13. The summed E-state index contributed by atoms with van der Waals surface area (Å²) in [6.07, 6.45) is 0.290. The molecule has 0 saturated carbocycles. The van der Waals surface area contributed by atoms with E-state index in [9.17, 15) is 22.4 Å². The van der Waals surface area contributed by atoms with Gasteiger partial charge in [0.25, 0.3) is 10.0 Å². The van der Waals surface area contributed by atoms with Gasteiger partial charge >= 0.3 is 0 Å². The molecule has 40 heavy (non-hydrogen) atoms. The zero-order valence-corrected chi connectivity index (χ0v) is 24.7. The van der Waals surface area contributed by atoms with Gasteiger partial charge in [-0.2, -0.15) is 0 Å². The molecule has 2 amide bonds. The van der Waals surface area contributed by atoms with E-state index in [1.807, 2.05) is 20.8 Å². The molecule has 0 fully saturated rings. The van der Waals surface area contributed by atoms with Crippen LogP contribution in [-0.4, -0.2) is 44.3 Å². The van der Waals surface area contributed by atoms with E-state index in [1.165, 1.54) is 47.4 Å². The second-order valence-corrected chi connectivity index (χ2v) is 12.3. The number of aryl methyl sites for hydroxylation is 1. The van der Waals surface area contributed by atoms with Gasteiger partial charge in [-0.05, 0) is 67.3 Å². The number of hydrogen-bond donors (Lipinski definition) is 1. The lowest BCUT2D eigenvalue weighted by molar-refractivity contribution is -0.140. The average Bonchev–Trinajstić information content (AvgIpc) is 2.91. The standard InChI is InChI=1S/C30H35ClFN3O4S/c1-5-28(30(37)33-18-21(2)3)34(19-23-11-13-25(32)14-12-23)29(36)20-35(26-8-6-7-24(31)17-26)40(38,39)27-15-9-22(4)10-16-27/h6-17,21,28H,5,18-20H2,1-4H3,(H,33,37)/t28-/m1/s1. The Morgan fingerprint density at radius 1 is 1.00 bits per heavy atom. The SMILES string of the molecule is CC[C@H](C(=O)NCC(C)C)N(Cc1ccc(F)cc1)C(=O)CN(c1cccc(Cl)c1)S(=O)(=O)c1ccc(C)cc1. The van der Waals surface area contributed by atoms with Crippen molar-refractivity contribution in [1.82, 2.24) is 10.2 Å². The first-order valence-corrected chi connectivity index (χ1v) is 14.9. The van der Waals surface area contributed by atoms with Crippen molar-refractivity contribution in [2.75, 3.05) is 17.4 Å². The normalized spacial score (nSPS) is 12.2. The summed E-state index contributed by atoms with van der Waals surface area (Å²) >= 11 is 6.20. The van der Waals surface area contributed by atoms with Crippen molar-refractivity contribution in [3.8, 4) is 0 Å². The Kier molecular flexibility index (Phi) is 10.7. The Morgan fingerprint density at radius 2 is 1.65 bits per heavy atom. The van der Waals surface area contributed by atoms with Gasteiger partial charge in [0.05, 0.1) is 10.6 Å². The number of sulfonamides is 1. The number of amides is 2. The zero-order valence-electron chi connectivity index (χ0n) is 23.1. The number of halogens is 2. The molecule has 0 radical (unpaired) electrons. The van der Waals surface area contributed by atoms with E-state index in [4.69, 9.17) is 11.6 Å². The first-order chi connectivity index (χ1) is 18.9. The molecular weight excluding hydrogens is 553 g/mol. The lowest BCUT2D eigenvalue weighted by Gasteiger charge is -2.33. The van der Waals surface area contributed by atoms with Crippen LogP contribution >= 0.6 is 11.6 Å². The maximum atomic E-state index is 14.0. The summed E-state index contributed by atoms with van der Waals surface area (Å²) in [5.74, 6) is -1.17. The van der Waals surface area contributed by atoms with Gasteiger partial charge in [0, 0.05) is 18.1 Å². The highest BCUT2D eigenvalue weighted by molar-refractivity contribution is 7.92. The smallest absolute Gasteiger partial charge is 0.264 e. The summed E-state index contributed by atoms with van der Waals surface area (Å²) in [6, 6.07) is 17.3. The van der Waals surface area contributed by atoms with Crippen LogP contribution in [0.4, 0.5) is 10.1 Å². The van der Waals surface area contributed by atoms with Gasteiger partial charge in [-0.15, -0.1) is 0 Å². The summed E-state index contributed by atoms with van der Waals surface area (Å²) in [7, 11) is -4.19. The lowest BCUT2D eigenvalue weighted by atomic mass is 10.1. The molecule has 0 aromatic heterocycles. The van der Waals surface area contributed by atoms with Crippen molar-refractivity contribution in [3.05, 3.63) is 94.8 Å². The van der Waals surface area contributed by atoms with Crippen molar-refractivity contribution in [2.24, 2.45) is 5.92 Å². The van der Waals surface area contributed by atoms with Crippen molar-refractivity contribution in [1.29, 1.82) is 0 Å². The van der Waals surface area contributed by atoms with Gasteiger partial charge in [0.2, 0.25) is 11.8 Å². The minimum atomic E-state index is -4.19. The van der Waals surface area contributed by atoms with Crippen LogP contribution in [-0.2, 0) is 26.2 Å². The Hall–Kier alpha value is -3.43. The largest absolute Gasteiger partial charge is 0.354 e. The van der Waals surface area contributed by atoms with Gasteiger partial charge < -0.3 is 10.2 Å². The van der Waals surface area contributed by atoms with E-state index in [0.29, 0.717) is 23.6 Å². The van der Waals surface area contributed by atoms with Crippen LogP contribution in [0.25, 0.3) is 0 Å². The molecule has 0 aliphatic carbocycles. The molecule has 0 spiro atoms. The van der Waals surface area contributed by atoms with Crippen molar-refractivity contribution < 1.29 is 22.4 Å². The quantitative estimate of drug-likeness (QED) is 0.300. The fraction of sp³-hybridized carbons (Fsp3) is 0.333. The molecule has 0 unspecified atom stereocenters. The predicted octanol–water partition coefficient (Wildman–Crippen LogP) is 5.56. The van der Waals surface area contributed by atoms with Crippen LogP contribution in [0, 0.1) is 18.7 Å². The van der Waals surface area contributed by atoms with Crippen molar-refractivity contribution >= 4 is 39.1 Å².